The van der Waals surface area contributed by atoms with Gasteiger partial charge in [-0.3, -0.25) is 0 Å². The van der Waals surface area contributed by atoms with E-state index in [1.165, 1.54) is 24.8 Å². The molecule has 2 heteroatoms. The first-order valence-corrected chi connectivity index (χ1v) is 7.57. The van der Waals surface area contributed by atoms with Crippen LogP contribution in [0.2, 0.25) is 0 Å². The van der Waals surface area contributed by atoms with Crippen LogP contribution in [0.4, 0.5) is 0 Å². The van der Waals surface area contributed by atoms with Gasteiger partial charge in [0.25, 0.3) is 0 Å². The lowest BCUT2D eigenvalue weighted by molar-refractivity contribution is 0.0500. The van der Waals surface area contributed by atoms with Gasteiger partial charge >= 0.3 is 0 Å². The van der Waals surface area contributed by atoms with Gasteiger partial charge in [-0.05, 0) is 30.5 Å². The maximum atomic E-state index is 10.9. The minimum absolute atomic E-state index is 0.105. The van der Waals surface area contributed by atoms with Crippen LogP contribution < -0.4 is 0 Å². The van der Waals surface area contributed by atoms with E-state index in [1.54, 1.807) is 6.26 Å². The first kappa shape index (κ1) is 13.4. The van der Waals surface area contributed by atoms with Gasteiger partial charge in [0.2, 0.25) is 0 Å². The molecule has 1 aromatic carbocycles. The van der Waals surface area contributed by atoms with Crippen LogP contribution in [0, 0.1) is 0 Å². The third-order valence-electron chi connectivity index (χ3n) is 4.71. The molecule has 1 aliphatic carbocycles. The highest BCUT2D eigenvalue weighted by atomic mass is 16.3. The van der Waals surface area contributed by atoms with Crippen LogP contribution in [0.15, 0.2) is 53.1 Å². The molecule has 3 rings (SSSR count). The van der Waals surface area contributed by atoms with Crippen LogP contribution in [0.1, 0.15) is 43.4 Å². The fourth-order valence-corrected chi connectivity index (χ4v) is 3.58. The van der Waals surface area contributed by atoms with Gasteiger partial charge in [0.1, 0.15) is 5.76 Å². The normalized spacial score (nSPS) is 19.6. The van der Waals surface area contributed by atoms with E-state index in [0.29, 0.717) is 6.42 Å². The van der Waals surface area contributed by atoms with Crippen molar-refractivity contribution in [3.63, 3.8) is 0 Å². The summed E-state index contributed by atoms with van der Waals surface area (Å²) in [6.07, 6.45) is 7.71. The third kappa shape index (κ3) is 2.53. The van der Waals surface area contributed by atoms with Crippen molar-refractivity contribution in [3.05, 3.63) is 60.1 Å². The lowest BCUT2D eigenvalue weighted by Gasteiger charge is -2.41. The predicted octanol–water partition coefficient (Wildman–Crippen LogP) is 4.09. The van der Waals surface area contributed by atoms with E-state index in [2.05, 4.69) is 24.3 Å². The number of hydrogen-bond acceptors (Lipinski definition) is 2. The van der Waals surface area contributed by atoms with Gasteiger partial charge in [0, 0.05) is 11.8 Å². The molecule has 1 heterocycles. The number of furan rings is 1. The standard InChI is InChI=1S/C18H22O2/c19-17(14-16-10-7-13-20-16)18(11-5-2-6-12-18)15-8-3-1-4-9-15/h1,3-4,7-10,13,17,19H,2,5-6,11-12,14H2. The first-order valence-electron chi connectivity index (χ1n) is 7.57. The van der Waals surface area contributed by atoms with Crippen LogP contribution in [0.5, 0.6) is 0 Å². The Bertz CT molecular complexity index is 510. The number of rotatable bonds is 4. The molecule has 1 unspecified atom stereocenters. The molecule has 0 radical (unpaired) electrons. The van der Waals surface area contributed by atoms with Crippen molar-refractivity contribution < 1.29 is 9.52 Å². The molecule has 2 aromatic rings. The lowest BCUT2D eigenvalue weighted by Crippen LogP contribution is -2.42. The maximum absolute atomic E-state index is 10.9. The minimum Gasteiger partial charge on any atom is -0.469 e. The summed E-state index contributed by atoms with van der Waals surface area (Å²) >= 11 is 0. The van der Waals surface area contributed by atoms with Crippen molar-refractivity contribution in [1.82, 2.24) is 0 Å². The van der Waals surface area contributed by atoms with Crippen molar-refractivity contribution in [2.45, 2.75) is 50.0 Å². The molecule has 1 N–H and O–H groups in total. The van der Waals surface area contributed by atoms with E-state index in [4.69, 9.17) is 4.42 Å². The van der Waals surface area contributed by atoms with Crippen molar-refractivity contribution in [2.24, 2.45) is 0 Å². The molecule has 0 saturated heterocycles. The smallest absolute Gasteiger partial charge is 0.106 e. The van der Waals surface area contributed by atoms with Gasteiger partial charge < -0.3 is 9.52 Å². The minimum atomic E-state index is -0.378. The van der Waals surface area contributed by atoms with Gasteiger partial charge in [-0.25, -0.2) is 0 Å². The highest BCUT2D eigenvalue weighted by Crippen LogP contribution is 2.43. The van der Waals surface area contributed by atoms with E-state index in [9.17, 15) is 5.11 Å². The van der Waals surface area contributed by atoms with Gasteiger partial charge in [0.05, 0.1) is 12.4 Å². The zero-order valence-electron chi connectivity index (χ0n) is 11.8. The average Bonchev–Trinajstić information content (AvgIpc) is 3.02. The van der Waals surface area contributed by atoms with Crippen molar-refractivity contribution >= 4 is 0 Å². The third-order valence-corrected chi connectivity index (χ3v) is 4.71. The van der Waals surface area contributed by atoms with Crippen molar-refractivity contribution in [1.29, 1.82) is 0 Å². The van der Waals surface area contributed by atoms with E-state index < -0.39 is 0 Å². The highest BCUT2D eigenvalue weighted by Gasteiger charge is 2.40. The molecule has 0 aliphatic heterocycles. The Morgan fingerprint density at radius 2 is 1.75 bits per heavy atom. The Hall–Kier alpha value is -1.54. The summed E-state index contributed by atoms with van der Waals surface area (Å²) in [5, 5.41) is 10.9. The second-order valence-corrected chi connectivity index (χ2v) is 5.88. The summed E-state index contributed by atoms with van der Waals surface area (Å²) in [7, 11) is 0. The molecule has 1 fully saturated rings. The fourth-order valence-electron chi connectivity index (χ4n) is 3.58. The fraction of sp³-hybridized carbons (Fsp3) is 0.444. The van der Waals surface area contributed by atoms with E-state index in [0.717, 1.165) is 18.6 Å². The molecule has 106 valence electrons. The number of aliphatic hydroxyl groups is 1. The van der Waals surface area contributed by atoms with Gasteiger partial charge in [0.15, 0.2) is 0 Å². The number of aliphatic hydroxyl groups excluding tert-OH is 1. The number of hydrogen-bond donors (Lipinski definition) is 1. The second kappa shape index (κ2) is 5.84. The topological polar surface area (TPSA) is 33.4 Å². The average molecular weight is 270 g/mol. The summed E-state index contributed by atoms with van der Waals surface area (Å²) in [4.78, 5) is 0. The Morgan fingerprint density at radius 3 is 2.40 bits per heavy atom. The summed E-state index contributed by atoms with van der Waals surface area (Å²) in [6.45, 7) is 0. The molecular weight excluding hydrogens is 248 g/mol. The van der Waals surface area contributed by atoms with Crippen LogP contribution in [-0.2, 0) is 11.8 Å². The molecule has 1 atom stereocenters. The van der Waals surface area contributed by atoms with Gasteiger partial charge in [-0.2, -0.15) is 0 Å². The zero-order chi connectivity index (χ0) is 13.8. The van der Waals surface area contributed by atoms with E-state index in [1.807, 2.05) is 18.2 Å². The van der Waals surface area contributed by atoms with Gasteiger partial charge in [-0.1, -0.05) is 49.6 Å². The van der Waals surface area contributed by atoms with Crippen LogP contribution in [0.25, 0.3) is 0 Å². The van der Waals surface area contributed by atoms with Crippen molar-refractivity contribution in [2.75, 3.05) is 0 Å². The van der Waals surface area contributed by atoms with Crippen LogP contribution >= 0.6 is 0 Å². The van der Waals surface area contributed by atoms with Gasteiger partial charge in [-0.15, -0.1) is 0 Å². The summed E-state index contributed by atoms with van der Waals surface area (Å²) in [6, 6.07) is 14.4. The molecule has 20 heavy (non-hydrogen) atoms. The largest absolute Gasteiger partial charge is 0.469 e. The Morgan fingerprint density at radius 1 is 1.00 bits per heavy atom. The van der Waals surface area contributed by atoms with Crippen molar-refractivity contribution in [3.8, 4) is 0 Å². The summed E-state index contributed by atoms with van der Waals surface area (Å²) < 4.78 is 5.42. The monoisotopic (exact) mass is 270 g/mol. The Kier molecular flexibility index (Phi) is 3.93. The molecule has 0 amide bonds. The van der Waals surface area contributed by atoms with E-state index in [-0.39, 0.29) is 11.5 Å². The molecule has 1 saturated carbocycles. The molecule has 2 nitrogen and oxygen atoms in total. The SMILES string of the molecule is OC(Cc1ccco1)C1(c2ccccc2)CCCCC1. The van der Waals surface area contributed by atoms with Crippen LogP contribution in [-0.4, -0.2) is 11.2 Å². The Balaban J connectivity index is 1.89. The highest BCUT2D eigenvalue weighted by molar-refractivity contribution is 5.28. The predicted molar refractivity (Wildman–Crippen MR) is 79.6 cm³/mol. The first-order chi connectivity index (χ1) is 9.81. The van der Waals surface area contributed by atoms with Crippen LogP contribution in [0.3, 0.4) is 0 Å². The summed E-state index contributed by atoms with van der Waals surface area (Å²) in [5.74, 6) is 0.873. The maximum Gasteiger partial charge on any atom is 0.106 e. The van der Waals surface area contributed by atoms with E-state index >= 15 is 0 Å². The summed E-state index contributed by atoms with van der Waals surface area (Å²) in [5.41, 5.74) is 1.17. The molecule has 1 aliphatic rings. The molecule has 0 bridgehead atoms. The lowest BCUT2D eigenvalue weighted by atomic mass is 9.65. The quantitative estimate of drug-likeness (QED) is 0.908. The number of benzene rings is 1. The molecule has 0 spiro atoms. The molecule has 1 aromatic heterocycles. The molecular formula is C18H22O2. The zero-order valence-corrected chi connectivity index (χ0v) is 11.8. The second-order valence-electron chi connectivity index (χ2n) is 5.88. The Labute approximate surface area is 120 Å².